The standard InChI is InChI=1S/C12H20N4O/c17-8-10-2-4-16-11(14-15-12(16)6-10)5-9-1-3-13-7-9/h9-10,13,17H,1-8H2. The van der Waals surface area contributed by atoms with Gasteiger partial charge in [-0.3, -0.25) is 0 Å². The molecule has 3 heterocycles. The van der Waals surface area contributed by atoms with Gasteiger partial charge in [0.25, 0.3) is 0 Å². The van der Waals surface area contributed by atoms with E-state index in [2.05, 4.69) is 20.1 Å². The first-order valence-electron chi connectivity index (χ1n) is 6.59. The van der Waals surface area contributed by atoms with E-state index in [1.54, 1.807) is 0 Å². The van der Waals surface area contributed by atoms with Crippen LogP contribution in [0.3, 0.4) is 0 Å². The highest BCUT2D eigenvalue weighted by atomic mass is 16.3. The molecular formula is C12H20N4O. The largest absolute Gasteiger partial charge is 0.396 e. The summed E-state index contributed by atoms with van der Waals surface area (Å²) in [6, 6.07) is 0. The Morgan fingerprint density at radius 3 is 3.00 bits per heavy atom. The Morgan fingerprint density at radius 1 is 1.29 bits per heavy atom. The molecule has 0 bridgehead atoms. The van der Waals surface area contributed by atoms with Crippen molar-refractivity contribution in [1.82, 2.24) is 20.1 Å². The molecule has 0 spiro atoms. The molecule has 5 heteroatoms. The summed E-state index contributed by atoms with van der Waals surface area (Å²) < 4.78 is 2.27. The molecular weight excluding hydrogens is 216 g/mol. The van der Waals surface area contributed by atoms with Crippen molar-refractivity contribution in [2.24, 2.45) is 11.8 Å². The number of aliphatic hydroxyl groups is 1. The van der Waals surface area contributed by atoms with Crippen molar-refractivity contribution in [3.8, 4) is 0 Å². The third kappa shape index (κ3) is 2.21. The second-order valence-electron chi connectivity index (χ2n) is 5.29. The summed E-state index contributed by atoms with van der Waals surface area (Å²) in [7, 11) is 0. The first-order valence-corrected chi connectivity index (χ1v) is 6.59. The molecule has 17 heavy (non-hydrogen) atoms. The molecule has 5 nitrogen and oxygen atoms in total. The van der Waals surface area contributed by atoms with E-state index in [1.165, 1.54) is 6.42 Å². The van der Waals surface area contributed by atoms with Gasteiger partial charge in [-0.05, 0) is 37.8 Å². The zero-order valence-corrected chi connectivity index (χ0v) is 10.1. The molecule has 94 valence electrons. The van der Waals surface area contributed by atoms with Crippen LogP contribution < -0.4 is 5.32 Å². The lowest BCUT2D eigenvalue weighted by molar-refractivity contribution is 0.198. The Labute approximate surface area is 101 Å². The summed E-state index contributed by atoms with van der Waals surface area (Å²) in [5.74, 6) is 3.31. The fourth-order valence-corrected chi connectivity index (χ4v) is 2.91. The van der Waals surface area contributed by atoms with E-state index in [0.717, 1.165) is 56.5 Å². The number of nitrogens with zero attached hydrogens (tertiary/aromatic N) is 3. The van der Waals surface area contributed by atoms with Crippen molar-refractivity contribution < 1.29 is 5.11 Å². The predicted molar refractivity (Wildman–Crippen MR) is 63.6 cm³/mol. The lowest BCUT2D eigenvalue weighted by Crippen LogP contribution is -2.24. The number of rotatable bonds is 3. The summed E-state index contributed by atoms with van der Waals surface area (Å²) in [5, 5.41) is 21.2. The van der Waals surface area contributed by atoms with E-state index < -0.39 is 0 Å². The van der Waals surface area contributed by atoms with Gasteiger partial charge in [0.15, 0.2) is 0 Å². The molecule has 0 radical (unpaired) electrons. The van der Waals surface area contributed by atoms with Crippen LogP contribution in [0, 0.1) is 11.8 Å². The predicted octanol–water partition coefficient (Wildman–Crippen LogP) is -0.0152. The average molecular weight is 236 g/mol. The minimum absolute atomic E-state index is 0.273. The summed E-state index contributed by atoms with van der Waals surface area (Å²) in [4.78, 5) is 0. The van der Waals surface area contributed by atoms with Gasteiger partial charge in [-0.1, -0.05) is 0 Å². The smallest absolute Gasteiger partial charge is 0.133 e. The van der Waals surface area contributed by atoms with Gasteiger partial charge in [-0.25, -0.2) is 0 Å². The van der Waals surface area contributed by atoms with E-state index in [9.17, 15) is 5.11 Å². The van der Waals surface area contributed by atoms with Gasteiger partial charge in [0, 0.05) is 26.0 Å². The maximum absolute atomic E-state index is 9.19. The van der Waals surface area contributed by atoms with E-state index >= 15 is 0 Å². The molecule has 2 unspecified atom stereocenters. The number of nitrogens with one attached hydrogen (secondary N) is 1. The van der Waals surface area contributed by atoms with Gasteiger partial charge in [0.05, 0.1) is 0 Å². The molecule has 0 aliphatic carbocycles. The van der Waals surface area contributed by atoms with Crippen molar-refractivity contribution >= 4 is 0 Å². The van der Waals surface area contributed by atoms with Gasteiger partial charge in [0.2, 0.25) is 0 Å². The minimum atomic E-state index is 0.273. The molecule has 0 aromatic carbocycles. The Balaban J connectivity index is 1.72. The maximum Gasteiger partial charge on any atom is 0.133 e. The SMILES string of the molecule is OCC1CCn2c(nnc2CC2CCNC2)C1. The molecule has 3 rings (SSSR count). The number of aliphatic hydroxyl groups excluding tert-OH is 1. The minimum Gasteiger partial charge on any atom is -0.396 e. The third-order valence-corrected chi connectivity index (χ3v) is 4.03. The van der Waals surface area contributed by atoms with Gasteiger partial charge in [-0.15, -0.1) is 10.2 Å². The van der Waals surface area contributed by atoms with Crippen molar-refractivity contribution in [3.05, 3.63) is 11.6 Å². The van der Waals surface area contributed by atoms with Crippen LogP contribution >= 0.6 is 0 Å². The lowest BCUT2D eigenvalue weighted by Gasteiger charge is -2.22. The average Bonchev–Trinajstić information content (AvgIpc) is 2.99. The van der Waals surface area contributed by atoms with E-state index in [1.807, 2.05) is 0 Å². The molecule has 0 saturated carbocycles. The Hall–Kier alpha value is -0.940. The molecule has 2 atom stereocenters. The van der Waals surface area contributed by atoms with Crippen LogP contribution in [0.25, 0.3) is 0 Å². The number of fused-ring (bicyclic) bond motifs is 1. The van der Waals surface area contributed by atoms with Crippen LogP contribution in [0.2, 0.25) is 0 Å². The van der Waals surface area contributed by atoms with Crippen LogP contribution in [0.15, 0.2) is 0 Å². The topological polar surface area (TPSA) is 63.0 Å². The molecule has 1 aromatic rings. The van der Waals surface area contributed by atoms with E-state index in [4.69, 9.17) is 0 Å². The van der Waals surface area contributed by atoms with Crippen molar-refractivity contribution in [3.63, 3.8) is 0 Å². The Bertz CT molecular complexity index is 384. The zero-order chi connectivity index (χ0) is 11.7. The molecule has 2 aliphatic rings. The second kappa shape index (κ2) is 4.74. The normalized spacial score (nSPS) is 28.3. The number of hydrogen-bond acceptors (Lipinski definition) is 4. The van der Waals surface area contributed by atoms with Crippen LogP contribution in [-0.2, 0) is 19.4 Å². The van der Waals surface area contributed by atoms with Gasteiger partial charge >= 0.3 is 0 Å². The van der Waals surface area contributed by atoms with Crippen molar-refractivity contribution in [2.75, 3.05) is 19.7 Å². The Morgan fingerprint density at radius 2 is 2.24 bits per heavy atom. The van der Waals surface area contributed by atoms with Gasteiger partial charge in [0.1, 0.15) is 11.6 Å². The molecule has 2 N–H and O–H groups in total. The first-order chi connectivity index (χ1) is 8.36. The molecule has 2 aliphatic heterocycles. The van der Waals surface area contributed by atoms with Crippen molar-refractivity contribution in [1.29, 1.82) is 0 Å². The van der Waals surface area contributed by atoms with Gasteiger partial charge in [-0.2, -0.15) is 0 Å². The first kappa shape index (κ1) is 11.2. The van der Waals surface area contributed by atoms with Crippen molar-refractivity contribution in [2.45, 2.75) is 32.2 Å². The zero-order valence-electron chi connectivity index (χ0n) is 10.1. The highest BCUT2D eigenvalue weighted by Crippen LogP contribution is 2.22. The van der Waals surface area contributed by atoms with Crippen LogP contribution in [0.4, 0.5) is 0 Å². The molecule has 1 saturated heterocycles. The quantitative estimate of drug-likeness (QED) is 0.774. The summed E-state index contributed by atoms with van der Waals surface area (Å²) >= 11 is 0. The molecule has 0 amide bonds. The Kier molecular flexibility index (Phi) is 3.11. The summed E-state index contributed by atoms with van der Waals surface area (Å²) in [5.41, 5.74) is 0. The summed E-state index contributed by atoms with van der Waals surface area (Å²) in [6.07, 6.45) is 4.23. The summed E-state index contributed by atoms with van der Waals surface area (Å²) in [6.45, 7) is 3.50. The second-order valence-corrected chi connectivity index (χ2v) is 5.29. The van der Waals surface area contributed by atoms with E-state index in [0.29, 0.717) is 5.92 Å². The monoisotopic (exact) mass is 236 g/mol. The third-order valence-electron chi connectivity index (χ3n) is 4.03. The number of hydrogen-bond donors (Lipinski definition) is 2. The van der Waals surface area contributed by atoms with Crippen LogP contribution in [-0.4, -0.2) is 39.6 Å². The fourth-order valence-electron chi connectivity index (χ4n) is 2.91. The van der Waals surface area contributed by atoms with Crippen LogP contribution in [0.1, 0.15) is 24.5 Å². The highest BCUT2D eigenvalue weighted by molar-refractivity contribution is 5.02. The highest BCUT2D eigenvalue weighted by Gasteiger charge is 2.24. The molecule has 1 fully saturated rings. The fraction of sp³-hybridized carbons (Fsp3) is 0.833. The molecule has 1 aromatic heterocycles. The maximum atomic E-state index is 9.19. The van der Waals surface area contributed by atoms with Crippen LogP contribution in [0.5, 0.6) is 0 Å². The van der Waals surface area contributed by atoms with Gasteiger partial charge < -0.3 is 15.0 Å². The lowest BCUT2D eigenvalue weighted by atomic mass is 9.98. The number of aromatic nitrogens is 3. The van der Waals surface area contributed by atoms with E-state index in [-0.39, 0.29) is 6.61 Å².